The Kier molecular flexibility index (Phi) is 8.08. The number of sulfonamides is 1. The molecule has 0 aromatic heterocycles. The second-order valence-electron chi connectivity index (χ2n) is 6.21. The highest BCUT2D eigenvalue weighted by Gasteiger charge is 2.22. The van der Waals surface area contributed by atoms with Gasteiger partial charge < -0.3 is 15.4 Å². The average Bonchev–Trinajstić information content (AvgIpc) is 3.11. The lowest BCUT2D eigenvalue weighted by Crippen LogP contribution is -2.41. The quantitative estimate of drug-likeness (QED) is 0.310. The molecule has 1 aliphatic rings. The second-order valence-corrected chi connectivity index (χ2v) is 8.10. The summed E-state index contributed by atoms with van der Waals surface area (Å²) in [7, 11) is -0.306. The highest BCUT2D eigenvalue weighted by molar-refractivity contribution is 14.0. The van der Waals surface area contributed by atoms with Crippen molar-refractivity contribution in [2.75, 3.05) is 20.6 Å². The molecule has 0 bridgehead atoms. The van der Waals surface area contributed by atoms with Crippen LogP contribution in [0.2, 0.25) is 0 Å². The lowest BCUT2D eigenvalue weighted by molar-refractivity contribution is 0.235. The average molecular weight is 516 g/mol. The molecule has 2 aromatic rings. The first-order chi connectivity index (χ1) is 13.0. The van der Waals surface area contributed by atoms with Gasteiger partial charge in [-0.25, -0.2) is 13.1 Å². The number of benzene rings is 2. The number of ether oxygens (including phenoxy) is 1. The monoisotopic (exact) mass is 516 g/mol. The maximum absolute atomic E-state index is 11.7. The third-order valence-electron chi connectivity index (χ3n) is 4.40. The van der Waals surface area contributed by atoms with Gasteiger partial charge in [0.05, 0.1) is 11.4 Å². The zero-order chi connectivity index (χ0) is 19.3. The lowest BCUT2D eigenvalue weighted by Gasteiger charge is -2.15. The second kappa shape index (κ2) is 10.1. The molecule has 0 saturated heterocycles. The van der Waals surface area contributed by atoms with Crippen LogP contribution >= 0.6 is 24.0 Å². The fraction of sp³-hybridized carbons (Fsp3) is 0.316. The van der Waals surface area contributed by atoms with E-state index in [2.05, 4.69) is 26.4 Å². The Bertz CT molecular complexity index is 892. The predicted octanol–water partition coefficient (Wildman–Crippen LogP) is 1.88. The number of fused-ring (bicyclic) bond motifs is 1. The third-order valence-corrected chi connectivity index (χ3v) is 5.83. The number of nitrogens with one attached hydrogen (secondary N) is 3. The highest BCUT2D eigenvalue weighted by atomic mass is 127. The Balaban J connectivity index is 0.00000280. The van der Waals surface area contributed by atoms with Gasteiger partial charge in [0.25, 0.3) is 0 Å². The van der Waals surface area contributed by atoms with Crippen LogP contribution in [0.25, 0.3) is 0 Å². The first kappa shape index (κ1) is 22.4. The van der Waals surface area contributed by atoms with E-state index >= 15 is 0 Å². The van der Waals surface area contributed by atoms with Crippen molar-refractivity contribution in [1.29, 1.82) is 0 Å². The van der Waals surface area contributed by atoms with E-state index in [1.54, 1.807) is 31.3 Å². The highest BCUT2D eigenvalue weighted by Crippen LogP contribution is 2.27. The Morgan fingerprint density at radius 2 is 1.86 bits per heavy atom. The molecule has 0 aliphatic carbocycles. The van der Waals surface area contributed by atoms with Gasteiger partial charge in [-0.15, -0.1) is 24.0 Å². The van der Waals surface area contributed by atoms with Crippen LogP contribution in [0.15, 0.2) is 58.4 Å². The van der Waals surface area contributed by atoms with Crippen molar-refractivity contribution in [2.24, 2.45) is 4.99 Å². The smallest absolute Gasteiger partial charge is 0.240 e. The van der Waals surface area contributed by atoms with Crippen LogP contribution in [0.5, 0.6) is 5.75 Å². The van der Waals surface area contributed by atoms with Crippen molar-refractivity contribution in [3.63, 3.8) is 0 Å². The first-order valence-electron chi connectivity index (χ1n) is 8.73. The molecule has 3 N–H and O–H groups in total. The van der Waals surface area contributed by atoms with Crippen LogP contribution < -0.4 is 20.1 Å². The molecule has 9 heteroatoms. The van der Waals surface area contributed by atoms with Gasteiger partial charge in [-0.05, 0) is 36.4 Å². The van der Waals surface area contributed by atoms with Gasteiger partial charge in [0.2, 0.25) is 10.0 Å². The van der Waals surface area contributed by atoms with Crippen LogP contribution in [0, 0.1) is 0 Å². The van der Waals surface area contributed by atoms with Crippen LogP contribution in [-0.2, 0) is 23.0 Å². The van der Waals surface area contributed by atoms with Crippen molar-refractivity contribution in [3.8, 4) is 5.75 Å². The van der Waals surface area contributed by atoms with Gasteiger partial charge in [-0.3, -0.25) is 4.99 Å². The first-order valence-corrected chi connectivity index (χ1v) is 10.2. The van der Waals surface area contributed by atoms with E-state index in [1.165, 1.54) is 12.6 Å². The van der Waals surface area contributed by atoms with Crippen LogP contribution in [0.4, 0.5) is 0 Å². The number of rotatable bonds is 6. The third kappa shape index (κ3) is 5.58. The van der Waals surface area contributed by atoms with Crippen molar-refractivity contribution in [2.45, 2.75) is 24.0 Å². The lowest BCUT2D eigenvalue weighted by atomic mass is 10.1. The number of aliphatic imine (C=N–C) groups is 1. The maximum atomic E-state index is 11.7. The van der Waals surface area contributed by atoms with Crippen molar-refractivity contribution in [3.05, 3.63) is 59.7 Å². The minimum atomic E-state index is -3.41. The summed E-state index contributed by atoms with van der Waals surface area (Å²) < 4.78 is 31.7. The van der Waals surface area contributed by atoms with E-state index in [0.717, 1.165) is 17.7 Å². The van der Waals surface area contributed by atoms with Crippen molar-refractivity contribution >= 4 is 40.0 Å². The summed E-state index contributed by atoms with van der Waals surface area (Å²) in [5.74, 6) is 1.62. The molecular formula is C19H25IN4O3S. The SMILES string of the molecule is CN=C(NCc1ccc(S(=O)(=O)NC)cc1)NCC1Cc2ccccc2O1.I. The fourth-order valence-electron chi connectivity index (χ4n) is 2.89. The van der Waals surface area contributed by atoms with Crippen molar-refractivity contribution in [1.82, 2.24) is 15.4 Å². The number of hydrogen-bond donors (Lipinski definition) is 3. The van der Waals surface area contributed by atoms with Crippen LogP contribution in [0.1, 0.15) is 11.1 Å². The molecule has 1 heterocycles. The summed E-state index contributed by atoms with van der Waals surface area (Å²) in [6.45, 7) is 1.18. The van der Waals surface area contributed by atoms with Gasteiger partial charge >= 0.3 is 0 Å². The molecule has 1 aliphatic heterocycles. The summed E-state index contributed by atoms with van der Waals surface area (Å²) in [5.41, 5.74) is 2.18. The molecule has 0 spiro atoms. The molecule has 0 radical (unpaired) electrons. The Morgan fingerprint density at radius 1 is 1.14 bits per heavy atom. The molecule has 152 valence electrons. The molecule has 2 aromatic carbocycles. The molecular weight excluding hydrogens is 491 g/mol. The number of guanidine groups is 1. The minimum Gasteiger partial charge on any atom is -0.488 e. The molecule has 0 amide bonds. The van der Waals surface area contributed by atoms with Gasteiger partial charge in [-0.2, -0.15) is 0 Å². The van der Waals surface area contributed by atoms with Gasteiger partial charge in [0, 0.05) is 20.0 Å². The topological polar surface area (TPSA) is 91.8 Å². The maximum Gasteiger partial charge on any atom is 0.240 e. The van der Waals surface area contributed by atoms with Crippen molar-refractivity contribution < 1.29 is 13.2 Å². The Labute approximate surface area is 183 Å². The predicted molar refractivity (Wildman–Crippen MR) is 121 cm³/mol. The summed E-state index contributed by atoms with van der Waals surface area (Å²) in [6.07, 6.45) is 0.952. The zero-order valence-corrected chi connectivity index (χ0v) is 19.0. The number of hydrogen-bond acceptors (Lipinski definition) is 4. The van der Waals surface area contributed by atoms with E-state index in [1.807, 2.05) is 18.2 Å². The summed E-state index contributed by atoms with van der Waals surface area (Å²) in [6, 6.07) is 14.8. The Morgan fingerprint density at radius 3 is 2.50 bits per heavy atom. The van der Waals surface area contributed by atoms with E-state index in [-0.39, 0.29) is 35.0 Å². The summed E-state index contributed by atoms with van der Waals surface area (Å²) >= 11 is 0. The van der Waals surface area contributed by atoms with Crippen LogP contribution in [-0.4, -0.2) is 41.1 Å². The molecule has 28 heavy (non-hydrogen) atoms. The molecule has 0 fully saturated rings. The van der Waals surface area contributed by atoms with E-state index in [0.29, 0.717) is 19.0 Å². The number of para-hydroxylation sites is 1. The largest absolute Gasteiger partial charge is 0.488 e. The van der Waals surface area contributed by atoms with Gasteiger partial charge in [0.1, 0.15) is 11.9 Å². The molecule has 3 rings (SSSR count). The normalized spacial score (nSPS) is 15.9. The molecule has 0 saturated carbocycles. The standard InChI is InChI=1S/C19H24N4O3S.HI/c1-20-19(23-13-16-11-15-5-3-4-6-18(15)26-16)22-12-14-7-9-17(10-8-14)27(24,25)21-2;/h3-10,16,21H,11-13H2,1-2H3,(H2,20,22,23);1H. The number of nitrogens with zero attached hydrogens (tertiary/aromatic N) is 1. The van der Waals surface area contributed by atoms with Crippen LogP contribution in [0.3, 0.4) is 0 Å². The summed E-state index contributed by atoms with van der Waals surface area (Å²) in [4.78, 5) is 4.46. The molecule has 1 atom stereocenters. The molecule has 7 nitrogen and oxygen atoms in total. The Hall–Kier alpha value is -1.85. The van der Waals surface area contributed by atoms with Gasteiger partial charge in [-0.1, -0.05) is 30.3 Å². The minimum absolute atomic E-state index is 0. The van der Waals surface area contributed by atoms with E-state index in [9.17, 15) is 8.42 Å². The number of halogens is 1. The molecule has 1 unspecified atom stereocenters. The fourth-order valence-corrected chi connectivity index (χ4v) is 3.62. The van der Waals surface area contributed by atoms with Gasteiger partial charge in [0.15, 0.2) is 5.96 Å². The van der Waals surface area contributed by atoms with E-state index < -0.39 is 10.0 Å². The summed E-state index contributed by atoms with van der Waals surface area (Å²) in [5, 5.41) is 6.49. The zero-order valence-electron chi connectivity index (χ0n) is 15.8. The van der Waals surface area contributed by atoms with E-state index in [4.69, 9.17) is 4.74 Å².